The van der Waals surface area contributed by atoms with Crippen molar-refractivity contribution in [1.82, 2.24) is 4.90 Å². The second kappa shape index (κ2) is 3.85. The molecular formula is C11H14BrN3. The first-order chi connectivity index (χ1) is 7.09. The van der Waals surface area contributed by atoms with E-state index in [0.717, 1.165) is 11.0 Å². The summed E-state index contributed by atoms with van der Waals surface area (Å²) in [5, 5.41) is 0. The summed E-state index contributed by atoms with van der Waals surface area (Å²) in [5.41, 5.74) is 8.25. The van der Waals surface area contributed by atoms with Gasteiger partial charge in [0, 0.05) is 11.5 Å². The zero-order valence-electron chi connectivity index (χ0n) is 8.87. The molecule has 0 spiro atoms. The number of aliphatic imine (C=N–C) groups is 1. The number of hydrogen-bond acceptors (Lipinski definition) is 3. The maximum absolute atomic E-state index is 5.74. The second-order valence-corrected chi connectivity index (χ2v) is 4.69. The van der Waals surface area contributed by atoms with Crippen LogP contribution in [0.3, 0.4) is 0 Å². The zero-order chi connectivity index (χ0) is 11.0. The highest BCUT2D eigenvalue weighted by Crippen LogP contribution is 2.27. The summed E-state index contributed by atoms with van der Waals surface area (Å²) in [6, 6.07) is 6.66. The van der Waals surface area contributed by atoms with Crippen molar-refractivity contribution in [3.8, 4) is 0 Å². The second-order valence-electron chi connectivity index (χ2n) is 3.83. The molecule has 3 nitrogen and oxygen atoms in total. The van der Waals surface area contributed by atoms with Crippen LogP contribution < -0.4 is 5.73 Å². The van der Waals surface area contributed by atoms with E-state index in [1.807, 2.05) is 11.9 Å². The van der Waals surface area contributed by atoms with E-state index in [4.69, 9.17) is 5.73 Å². The standard InChI is InChI=1S/C11H14BrN3/c1-7-5-8(3-4-9(7)12)10-6-14-11(13)15(10)2/h3-5,10H,6H2,1-2H3,(H2,13,14). The molecule has 80 valence electrons. The van der Waals surface area contributed by atoms with Crippen molar-refractivity contribution < 1.29 is 0 Å². The Morgan fingerprint density at radius 3 is 2.80 bits per heavy atom. The molecule has 0 saturated heterocycles. The molecule has 0 saturated carbocycles. The molecule has 1 aliphatic rings. The van der Waals surface area contributed by atoms with Gasteiger partial charge in [0.05, 0.1) is 12.6 Å². The van der Waals surface area contributed by atoms with Crippen molar-refractivity contribution in [2.75, 3.05) is 13.6 Å². The molecule has 1 unspecified atom stereocenters. The molecule has 2 rings (SSSR count). The van der Waals surface area contributed by atoms with Crippen LogP contribution in [0.1, 0.15) is 17.2 Å². The Kier molecular flexibility index (Phi) is 2.69. The third-order valence-corrected chi connectivity index (χ3v) is 3.71. The lowest BCUT2D eigenvalue weighted by atomic mass is 10.0. The van der Waals surface area contributed by atoms with Crippen LogP contribution in [0.15, 0.2) is 27.7 Å². The summed E-state index contributed by atoms with van der Waals surface area (Å²) in [5.74, 6) is 0.626. The van der Waals surface area contributed by atoms with Crippen LogP contribution in [-0.2, 0) is 0 Å². The van der Waals surface area contributed by atoms with Crippen LogP contribution >= 0.6 is 15.9 Å². The summed E-state index contributed by atoms with van der Waals surface area (Å²) in [7, 11) is 1.98. The van der Waals surface area contributed by atoms with Gasteiger partial charge < -0.3 is 10.6 Å². The van der Waals surface area contributed by atoms with Gasteiger partial charge in [-0.2, -0.15) is 0 Å². The van der Waals surface area contributed by atoms with E-state index in [2.05, 4.69) is 46.0 Å². The number of nitrogens with two attached hydrogens (primary N) is 1. The lowest BCUT2D eigenvalue weighted by molar-refractivity contribution is 0.414. The van der Waals surface area contributed by atoms with E-state index in [-0.39, 0.29) is 6.04 Å². The first kappa shape index (κ1) is 10.5. The SMILES string of the molecule is Cc1cc(C2CN=C(N)N2C)ccc1Br. The molecule has 0 amide bonds. The largest absolute Gasteiger partial charge is 0.370 e. The van der Waals surface area contributed by atoms with Gasteiger partial charge in [-0.25, -0.2) is 0 Å². The van der Waals surface area contributed by atoms with E-state index in [9.17, 15) is 0 Å². The number of rotatable bonds is 1. The Labute approximate surface area is 98.1 Å². The predicted molar refractivity (Wildman–Crippen MR) is 65.9 cm³/mol. The number of hydrogen-bond donors (Lipinski definition) is 1. The first-order valence-electron chi connectivity index (χ1n) is 4.88. The molecule has 0 radical (unpaired) electrons. The van der Waals surface area contributed by atoms with E-state index < -0.39 is 0 Å². The van der Waals surface area contributed by atoms with Crippen molar-refractivity contribution >= 4 is 21.9 Å². The Hall–Kier alpha value is -1.03. The first-order valence-corrected chi connectivity index (χ1v) is 5.67. The van der Waals surface area contributed by atoms with Gasteiger partial charge in [-0.1, -0.05) is 28.1 Å². The van der Waals surface area contributed by atoms with Gasteiger partial charge in [0.1, 0.15) is 0 Å². The van der Waals surface area contributed by atoms with Crippen LogP contribution in [0.25, 0.3) is 0 Å². The summed E-state index contributed by atoms with van der Waals surface area (Å²) < 4.78 is 1.14. The Morgan fingerprint density at radius 2 is 2.27 bits per heavy atom. The highest BCUT2D eigenvalue weighted by Gasteiger charge is 2.23. The molecule has 0 bridgehead atoms. The topological polar surface area (TPSA) is 41.6 Å². The Balaban J connectivity index is 2.28. The monoisotopic (exact) mass is 267 g/mol. The highest BCUT2D eigenvalue weighted by molar-refractivity contribution is 9.10. The molecule has 0 aliphatic carbocycles. The lowest BCUT2D eigenvalue weighted by Crippen LogP contribution is -2.32. The molecule has 2 N–H and O–H groups in total. The molecule has 15 heavy (non-hydrogen) atoms. The van der Waals surface area contributed by atoms with Crippen LogP contribution in [0.2, 0.25) is 0 Å². The van der Waals surface area contributed by atoms with E-state index in [1.165, 1.54) is 11.1 Å². The third kappa shape index (κ3) is 1.86. The number of aryl methyl sites for hydroxylation is 1. The molecule has 0 aromatic heterocycles. The predicted octanol–water partition coefficient (Wildman–Crippen LogP) is 2.06. The van der Waals surface area contributed by atoms with Gasteiger partial charge in [0.15, 0.2) is 5.96 Å². The minimum Gasteiger partial charge on any atom is -0.370 e. The zero-order valence-corrected chi connectivity index (χ0v) is 10.5. The van der Waals surface area contributed by atoms with Crippen molar-refractivity contribution in [1.29, 1.82) is 0 Å². The molecular weight excluding hydrogens is 254 g/mol. The average Bonchev–Trinajstić information content (AvgIpc) is 2.53. The van der Waals surface area contributed by atoms with Gasteiger partial charge in [-0.05, 0) is 24.1 Å². The molecule has 1 aliphatic heterocycles. The minimum atomic E-state index is 0.289. The number of halogens is 1. The third-order valence-electron chi connectivity index (χ3n) is 2.82. The van der Waals surface area contributed by atoms with Gasteiger partial charge in [0.25, 0.3) is 0 Å². The van der Waals surface area contributed by atoms with E-state index in [0.29, 0.717) is 5.96 Å². The van der Waals surface area contributed by atoms with Gasteiger partial charge in [-0.3, -0.25) is 4.99 Å². The van der Waals surface area contributed by atoms with Crippen molar-refractivity contribution in [2.45, 2.75) is 13.0 Å². The number of likely N-dealkylation sites (N-methyl/N-ethyl adjacent to an activating group) is 1. The highest BCUT2D eigenvalue weighted by atomic mass is 79.9. The fourth-order valence-electron chi connectivity index (χ4n) is 1.78. The Bertz CT molecular complexity index is 414. The fraction of sp³-hybridized carbons (Fsp3) is 0.364. The van der Waals surface area contributed by atoms with E-state index >= 15 is 0 Å². The maximum Gasteiger partial charge on any atom is 0.191 e. The van der Waals surface area contributed by atoms with Gasteiger partial charge in [-0.15, -0.1) is 0 Å². The molecule has 1 aromatic rings. The quantitative estimate of drug-likeness (QED) is 0.847. The summed E-state index contributed by atoms with van der Waals surface area (Å²) in [6.45, 7) is 2.84. The van der Waals surface area contributed by atoms with Gasteiger partial charge in [0.2, 0.25) is 0 Å². The molecule has 1 heterocycles. The summed E-state index contributed by atoms with van der Waals surface area (Å²) >= 11 is 3.50. The number of benzene rings is 1. The number of guanidine groups is 1. The fourth-order valence-corrected chi connectivity index (χ4v) is 2.02. The minimum absolute atomic E-state index is 0.289. The summed E-state index contributed by atoms with van der Waals surface area (Å²) in [6.07, 6.45) is 0. The smallest absolute Gasteiger partial charge is 0.191 e. The normalized spacial score (nSPS) is 20.6. The van der Waals surface area contributed by atoms with Crippen molar-refractivity contribution in [3.05, 3.63) is 33.8 Å². The lowest BCUT2D eigenvalue weighted by Gasteiger charge is -2.22. The molecule has 1 aromatic carbocycles. The Morgan fingerprint density at radius 1 is 1.53 bits per heavy atom. The van der Waals surface area contributed by atoms with Crippen LogP contribution in [0, 0.1) is 6.92 Å². The van der Waals surface area contributed by atoms with E-state index in [1.54, 1.807) is 0 Å². The molecule has 4 heteroatoms. The van der Waals surface area contributed by atoms with Crippen LogP contribution in [0.5, 0.6) is 0 Å². The van der Waals surface area contributed by atoms with Crippen molar-refractivity contribution in [2.24, 2.45) is 10.7 Å². The van der Waals surface area contributed by atoms with Crippen molar-refractivity contribution in [3.63, 3.8) is 0 Å². The molecule has 1 atom stereocenters. The molecule has 0 fully saturated rings. The van der Waals surface area contributed by atoms with Crippen LogP contribution in [-0.4, -0.2) is 24.5 Å². The van der Waals surface area contributed by atoms with Gasteiger partial charge >= 0.3 is 0 Å². The number of nitrogens with zero attached hydrogens (tertiary/aromatic N) is 2. The van der Waals surface area contributed by atoms with Crippen LogP contribution in [0.4, 0.5) is 0 Å². The maximum atomic E-state index is 5.74. The summed E-state index contributed by atoms with van der Waals surface area (Å²) in [4.78, 5) is 6.25. The average molecular weight is 268 g/mol.